The van der Waals surface area contributed by atoms with Gasteiger partial charge in [-0.15, -0.1) is 23.1 Å². The van der Waals surface area contributed by atoms with E-state index in [1.807, 2.05) is 29.6 Å². The van der Waals surface area contributed by atoms with Crippen LogP contribution in [0.2, 0.25) is 0 Å². The maximum atomic E-state index is 10.9. The van der Waals surface area contributed by atoms with E-state index in [4.69, 9.17) is 4.74 Å². The van der Waals surface area contributed by atoms with Crippen molar-refractivity contribution in [3.63, 3.8) is 0 Å². The first-order valence-electron chi connectivity index (χ1n) is 5.67. The van der Waals surface area contributed by atoms with E-state index in [0.29, 0.717) is 5.13 Å². The Balaban J connectivity index is 1.98. The predicted octanol–water partition coefficient (Wildman–Crippen LogP) is 3.40. The minimum atomic E-state index is -0.0988. The van der Waals surface area contributed by atoms with E-state index in [9.17, 15) is 4.79 Å². The van der Waals surface area contributed by atoms with Gasteiger partial charge in [0.2, 0.25) is 5.91 Å². The van der Waals surface area contributed by atoms with Crippen molar-refractivity contribution in [3.8, 4) is 5.75 Å². The number of ether oxygens (including phenoxy) is 1. The number of nitrogens with zero attached hydrogens (tertiary/aromatic N) is 1. The third kappa shape index (κ3) is 3.97. The van der Waals surface area contributed by atoms with Crippen LogP contribution < -0.4 is 10.1 Å². The second kappa shape index (κ2) is 6.58. The summed E-state index contributed by atoms with van der Waals surface area (Å²) in [6.45, 7) is 1.48. The molecule has 4 nitrogen and oxygen atoms in total. The number of thioether (sulfide) groups is 1. The zero-order valence-corrected chi connectivity index (χ0v) is 12.3. The topological polar surface area (TPSA) is 51.2 Å². The van der Waals surface area contributed by atoms with E-state index in [-0.39, 0.29) is 5.91 Å². The van der Waals surface area contributed by atoms with Gasteiger partial charge in [0.15, 0.2) is 5.13 Å². The highest BCUT2D eigenvalue weighted by Gasteiger charge is 2.06. The average Bonchev–Trinajstić information content (AvgIpc) is 2.83. The Morgan fingerprint density at radius 1 is 1.47 bits per heavy atom. The van der Waals surface area contributed by atoms with E-state index >= 15 is 0 Å². The number of rotatable bonds is 5. The first kappa shape index (κ1) is 13.9. The Labute approximate surface area is 120 Å². The number of thiazole rings is 1. The Kier molecular flexibility index (Phi) is 4.81. The van der Waals surface area contributed by atoms with Crippen LogP contribution in [0.25, 0.3) is 0 Å². The molecule has 1 aromatic heterocycles. The molecule has 100 valence electrons. The summed E-state index contributed by atoms with van der Waals surface area (Å²) < 4.78 is 5.30. The molecular formula is C13H14N2O2S2. The van der Waals surface area contributed by atoms with Crippen molar-refractivity contribution in [3.05, 3.63) is 35.3 Å². The molecule has 0 saturated heterocycles. The minimum absolute atomic E-state index is 0.0988. The van der Waals surface area contributed by atoms with Gasteiger partial charge in [-0.05, 0) is 12.1 Å². The van der Waals surface area contributed by atoms with Crippen LogP contribution in [-0.2, 0) is 10.5 Å². The SMILES string of the molecule is COc1ccccc1SCc1csc(NC(C)=O)n1. The first-order chi connectivity index (χ1) is 9.19. The van der Waals surface area contributed by atoms with Crippen molar-refractivity contribution < 1.29 is 9.53 Å². The van der Waals surface area contributed by atoms with Crippen molar-refractivity contribution in [2.45, 2.75) is 17.6 Å². The van der Waals surface area contributed by atoms with Gasteiger partial charge in [0.25, 0.3) is 0 Å². The van der Waals surface area contributed by atoms with E-state index in [2.05, 4.69) is 10.3 Å². The number of benzene rings is 1. The van der Waals surface area contributed by atoms with Gasteiger partial charge < -0.3 is 10.1 Å². The van der Waals surface area contributed by atoms with Crippen LogP contribution in [0.1, 0.15) is 12.6 Å². The highest BCUT2D eigenvalue weighted by molar-refractivity contribution is 7.98. The van der Waals surface area contributed by atoms with Crippen LogP contribution in [0.3, 0.4) is 0 Å². The zero-order chi connectivity index (χ0) is 13.7. The van der Waals surface area contributed by atoms with Crippen molar-refractivity contribution >= 4 is 34.1 Å². The summed E-state index contributed by atoms with van der Waals surface area (Å²) in [7, 11) is 1.66. The molecule has 2 rings (SSSR count). The molecule has 19 heavy (non-hydrogen) atoms. The predicted molar refractivity (Wildman–Crippen MR) is 79.0 cm³/mol. The third-order valence-corrected chi connectivity index (χ3v) is 4.17. The molecule has 0 aliphatic rings. The molecule has 0 spiro atoms. The maximum absolute atomic E-state index is 10.9. The number of nitrogens with one attached hydrogen (secondary N) is 1. The Morgan fingerprint density at radius 2 is 2.26 bits per heavy atom. The van der Waals surface area contributed by atoms with Crippen LogP contribution in [0.15, 0.2) is 34.5 Å². The number of aromatic nitrogens is 1. The first-order valence-corrected chi connectivity index (χ1v) is 7.53. The van der Waals surface area contributed by atoms with Crippen molar-refractivity contribution in [2.75, 3.05) is 12.4 Å². The number of amides is 1. The van der Waals surface area contributed by atoms with Crippen LogP contribution in [0.4, 0.5) is 5.13 Å². The van der Waals surface area contributed by atoms with Crippen molar-refractivity contribution in [1.82, 2.24) is 4.98 Å². The molecule has 0 aliphatic heterocycles. The van der Waals surface area contributed by atoms with Gasteiger partial charge in [0.05, 0.1) is 12.8 Å². The van der Waals surface area contributed by atoms with Gasteiger partial charge in [0, 0.05) is 23.0 Å². The van der Waals surface area contributed by atoms with Crippen molar-refractivity contribution in [2.24, 2.45) is 0 Å². The van der Waals surface area contributed by atoms with E-state index < -0.39 is 0 Å². The number of para-hydroxylation sites is 1. The quantitative estimate of drug-likeness (QED) is 0.859. The number of methoxy groups -OCH3 is 1. The van der Waals surface area contributed by atoms with Gasteiger partial charge in [-0.2, -0.15) is 0 Å². The maximum Gasteiger partial charge on any atom is 0.223 e. The molecule has 0 aliphatic carbocycles. The van der Waals surface area contributed by atoms with Gasteiger partial charge in [-0.25, -0.2) is 4.98 Å². The molecule has 0 atom stereocenters. The van der Waals surface area contributed by atoms with Crippen molar-refractivity contribution in [1.29, 1.82) is 0 Å². The molecule has 0 unspecified atom stereocenters. The van der Waals surface area contributed by atoms with Gasteiger partial charge in [0.1, 0.15) is 5.75 Å². The molecule has 1 N–H and O–H groups in total. The fourth-order valence-corrected chi connectivity index (χ4v) is 3.25. The monoisotopic (exact) mass is 294 g/mol. The lowest BCUT2D eigenvalue weighted by atomic mass is 10.3. The van der Waals surface area contributed by atoms with Crippen LogP contribution >= 0.6 is 23.1 Å². The summed E-state index contributed by atoms with van der Waals surface area (Å²) in [6.07, 6.45) is 0. The van der Waals surface area contributed by atoms with Gasteiger partial charge in [-0.1, -0.05) is 12.1 Å². The number of carbonyl (C=O) groups is 1. The Bertz CT molecular complexity index is 569. The largest absolute Gasteiger partial charge is 0.496 e. The molecule has 0 saturated carbocycles. The van der Waals surface area contributed by atoms with Crippen LogP contribution in [-0.4, -0.2) is 18.0 Å². The summed E-state index contributed by atoms with van der Waals surface area (Å²) in [5.74, 6) is 1.51. The number of hydrogen-bond donors (Lipinski definition) is 1. The normalized spacial score (nSPS) is 10.2. The minimum Gasteiger partial charge on any atom is -0.496 e. The highest BCUT2D eigenvalue weighted by atomic mass is 32.2. The second-order valence-corrected chi connectivity index (χ2v) is 5.64. The van der Waals surface area contributed by atoms with E-state index in [0.717, 1.165) is 22.1 Å². The Morgan fingerprint density at radius 3 is 3.00 bits per heavy atom. The standard InChI is InChI=1S/C13H14N2O2S2/c1-9(16)14-13-15-10(8-19-13)7-18-12-6-4-3-5-11(12)17-2/h3-6,8H,7H2,1-2H3,(H,14,15,16). The summed E-state index contributed by atoms with van der Waals surface area (Å²) in [4.78, 5) is 16.3. The molecule has 1 amide bonds. The number of anilines is 1. The molecule has 1 heterocycles. The molecular weight excluding hydrogens is 280 g/mol. The molecule has 6 heteroatoms. The lowest BCUT2D eigenvalue weighted by Gasteiger charge is -2.06. The summed E-state index contributed by atoms with van der Waals surface area (Å²) >= 11 is 3.10. The Hall–Kier alpha value is -1.53. The highest BCUT2D eigenvalue weighted by Crippen LogP contribution is 2.31. The zero-order valence-electron chi connectivity index (χ0n) is 10.7. The molecule has 2 aromatic rings. The third-order valence-electron chi connectivity index (χ3n) is 2.28. The van der Waals surface area contributed by atoms with Crippen LogP contribution in [0, 0.1) is 0 Å². The fraction of sp³-hybridized carbons (Fsp3) is 0.231. The number of carbonyl (C=O) groups excluding carboxylic acids is 1. The molecule has 0 radical (unpaired) electrons. The summed E-state index contributed by atoms with van der Waals surface area (Å²) in [5, 5.41) is 5.27. The summed E-state index contributed by atoms with van der Waals surface area (Å²) in [6, 6.07) is 7.88. The molecule has 1 aromatic carbocycles. The fourth-order valence-electron chi connectivity index (χ4n) is 1.47. The lowest BCUT2D eigenvalue weighted by molar-refractivity contribution is -0.114. The summed E-state index contributed by atoms with van der Waals surface area (Å²) in [5.41, 5.74) is 0.949. The number of hydrogen-bond acceptors (Lipinski definition) is 5. The van der Waals surface area contributed by atoms with E-state index in [1.54, 1.807) is 18.9 Å². The van der Waals surface area contributed by atoms with Gasteiger partial charge in [-0.3, -0.25) is 4.79 Å². The lowest BCUT2D eigenvalue weighted by Crippen LogP contribution is -2.05. The van der Waals surface area contributed by atoms with E-state index in [1.165, 1.54) is 18.3 Å². The second-order valence-electron chi connectivity index (χ2n) is 3.76. The van der Waals surface area contributed by atoms with Gasteiger partial charge >= 0.3 is 0 Å². The smallest absolute Gasteiger partial charge is 0.223 e. The molecule has 0 bridgehead atoms. The average molecular weight is 294 g/mol. The molecule has 0 fully saturated rings. The van der Waals surface area contributed by atoms with Crippen LogP contribution in [0.5, 0.6) is 5.75 Å².